The molecule has 164 valence electrons. The first-order valence-electron chi connectivity index (χ1n) is 8.82. The lowest BCUT2D eigenvalue weighted by atomic mass is 9.97. The lowest BCUT2D eigenvalue weighted by molar-refractivity contribution is -0.141. The highest BCUT2D eigenvalue weighted by atomic mass is 35.5. The van der Waals surface area contributed by atoms with Crippen molar-refractivity contribution in [3.05, 3.63) is 54.6 Å². The molecule has 0 bridgehead atoms. The summed E-state index contributed by atoms with van der Waals surface area (Å²) in [5, 5.41) is 9.75. The number of hydrogen-bond donors (Lipinski definition) is 1. The van der Waals surface area contributed by atoms with Crippen LogP contribution in [0.5, 0.6) is 11.5 Å². The van der Waals surface area contributed by atoms with Gasteiger partial charge >= 0.3 is 5.97 Å². The van der Waals surface area contributed by atoms with Crippen molar-refractivity contribution in [2.45, 2.75) is 22.5 Å². The zero-order chi connectivity index (χ0) is 21.3. The number of halogens is 1. The molecule has 11 heteroatoms. The highest BCUT2D eigenvalue weighted by Gasteiger charge is 2.54. The van der Waals surface area contributed by atoms with Crippen molar-refractivity contribution in [2.24, 2.45) is 0 Å². The zero-order valence-electron chi connectivity index (χ0n) is 16.1. The van der Waals surface area contributed by atoms with E-state index in [1.807, 2.05) is 6.07 Å². The minimum absolute atomic E-state index is 0. The third-order valence-corrected chi connectivity index (χ3v) is 8.82. The third-order valence-electron chi connectivity index (χ3n) is 5.02. The van der Waals surface area contributed by atoms with Crippen LogP contribution in [-0.2, 0) is 24.7 Å². The van der Waals surface area contributed by atoms with Gasteiger partial charge in [0.1, 0.15) is 11.5 Å². The zero-order valence-corrected chi connectivity index (χ0v) is 18.5. The van der Waals surface area contributed by atoms with Gasteiger partial charge in [-0.25, -0.2) is 21.1 Å². The summed E-state index contributed by atoms with van der Waals surface area (Å²) < 4.78 is 54.4. The Kier molecular flexibility index (Phi) is 7.18. The van der Waals surface area contributed by atoms with E-state index in [0.29, 0.717) is 11.5 Å². The Morgan fingerprint density at radius 1 is 0.933 bits per heavy atom. The molecule has 1 aliphatic heterocycles. The molecule has 1 saturated heterocycles. The van der Waals surface area contributed by atoms with Gasteiger partial charge in [-0.05, 0) is 49.2 Å². The van der Waals surface area contributed by atoms with Gasteiger partial charge in [0.25, 0.3) is 0 Å². The van der Waals surface area contributed by atoms with Crippen LogP contribution in [0.1, 0.15) is 12.8 Å². The summed E-state index contributed by atoms with van der Waals surface area (Å²) in [4.78, 5) is 11.8. The van der Waals surface area contributed by atoms with E-state index < -0.39 is 30.6 Å². The van der Waals surface area contributed by atoms with Gasteiger partial charge in [-0.2, -0.15) is 0 Å². The maximum atomic E-state index is 13.2. The fourth-order valence-electron chi connectivity index (χ4n) is 3.31. The Morgan fingerprint density at radius 2 is 1.43 bits per heavy atom. The van der Waals surface area contributed by atoms with E-state index in [2.05, 4.69) is 0 Å². The fraction of sp³-hybridized carbons (Fsp3) is 0.316. The Hall–Kier alpha value is -2.14. The van der Waals surface area contributed by atoms with Crippen LogP contribution < -0.4 is 4.74 Å². The second kappa shape index (κ2) is 8.93. The molecule has 1 aliphatic rings. The molecule has 0 radical (unpaired) electrons. The molecule has 30 heavy (non-hydrogen) atoms. The smallest absolute Gasteiger partial charge is 0.325 e. The Balaban J connectivity index is 0.00000320. The van der Waals surface area contributed by atoms with E-state index in [-0.39, 0.29) is 43.2 Å². The van der Waals surface area contributed by atoms with E-state index in [1.54, 1.807) is 24.3 Å². The first-order valence-corrected chi connectivity index (χ1v) is 12.2. The molecular weight excluding hydrogens is 454 g/mol. The normalized spacial score (nSPS) is 17.0. The number of piperidine rings is 1. The molecule has 1 N–H and O–H groups in total. The summed E-state index contributed by atoms with van der Waals surface area (Å²) in [5.41, 5.74) is 0. The van der Waals surface area contributed by atoms with Gasteiger partial charge in [0.05, 0.1) is 11.2 Å². The highest BCUT2D eigenvalue weighted by molar-refractivity contribution is 7.93. The number of sulfone groups is 1. The fourth-order valence-corrected chi connectivity index (χ4v) is 6.05. The number of hydrogen-bond acceptors (Lipinski definition) is 6. The van der Waals surface area contributed by atoms with Crippen LogP contribution in [0.3, 0.4) is 0 Å². The van der Waals surface area contributed by atoms with Crippen molar-refractivity contribution in [1.29, 1.82) is 0 Å². The number of para-hydroxylation sites is 1. The number of carboxylic acids is 1. The van der Waals surface area contributed by atoms with Crippen molar-refractivity contribution in [2.75, 3.05) is 19.3 Å². The van der Waals surface area contributed by atoms with Gasteiger partial charge in [-0.1, -0.05) is 18.2 Å². The minimum Gasteiger partial charge on any atom is -0.480 e. The maximum Gasteiger partial charge on any atom is 0.325 e. The molecule has 0 amide bonds. The second-order valence-electron chi connectivity index (χ2n) is 6.85. The van der Waals surface area contributed by atoms with Crippen molar-refractivity contribution in [3.8, 4) is 11.5 Å². The van der Waals surface area contributed by atoms with Gasteiger partial charge in [0.2, 0.25) is 10.0 Å². The first kappa shape index (κ1) is 24.1. The summed E-state index contributed by atoms with van der Waals surface area (Å²) in [6.45, 7) is -0.334. The molecule has 1 fully saturated rings. The lowest BCUT2D eigenvalue weighted by Gasteiger charge is -2.37. The Morgan fingerprint density at radius 3 is 1.90 bits per heavy atom. The predicted molar refractivity (Wildman–Crippen MR) is 113 cm³/mol. The number of rotatable bonds is 6. The number of ether oxygens (including phenoxy) is 1. The topological polar surface area (TPSA) is 118 Å². The van der Waals surface area contributed by atoms with Crippen LogP contribution in [0.25, 0.3) is 0 Å². The van der Waals surface area contributed by atoms with Crippen LogP contribution >= 0.6 is 12.4 Å². The van der Waals surface area contributed by atoms with Gasteiger partial charge in [0.15, 0.2) is 14.6 Å². The van der Waals surface area contributed by atoms with Crippen molar-refractivity contribution >= 4 is 38.2 Å². The quantitative estimate of drug-likeness (QED) is 0.681. The number of nitrogens with zero attached hydrogens (tertiary/aromatic N) is 1. The van der Waals surface area contributed by atoms with Gasteiger partial charge in [0, 0.05) is 13.1 Å². The molecule has 0 unspecified atom stereocenters. The number of carboxylic acid groups (broad SMARTS) is 1. The van der Waals surface area contributed by atoms with Crippen LogP contribution in [0, 0.1) is 0 Å². The van der Waals surface area contributed by atoms with Gasteiger partial charge in [-0.15, -0.1) is 12.4 Å². The standard InChI is InChI=1S/C19H21NO7S2.ClH/c1-28(23,24)20-13-11-19(12-14-20,18(21)22)29(25,26)17-9-7-16(8-10-17)27-15-5-3-2-4-6-15;/h2-10H,11-14H2,1H3,(H,21,22);1H. The molecule has 2 aromatic rings. The SMILES string of the molecule is CS(=O)(=O)N1CCC(C(=O)O)(S(=O)(=O)c2ccc(Oc3ccccc3)cc2)CC1.Cl. The van der Waals surface area contributed by atoms with Crippen molar-refractivity contribution < 1.29 is 31.5 Å². The second-order valence-corrected chi connectivity index (χ2v) is 11.1. The summed E-state index contributed by atoms with van der Waals surface area (Å²) in [6.07, 6.45) is 0.376. The molecule has 1 heterocycles. The van der Waals surface area contributed by atoms with Crippen molar-refractivity contribution in [3.63, 3.8) is 0 Å². The van der Waals surface area contributed by atoms with Gasteiger partial charge < -0.3 is 9.84 Å². The summed E-state index contributed by atoms with van der Waals surface area (Å²) >= 11 is 0. The van der Waals surface area contributed by atoms with Crippen LogP contribution in [0.2, 0.25) is 0 Å². The summed E-state index contributed by atoms with van der Waals surface area (Å²) in [7, 11) is -7.78. The molecule has 0 saturated carbocycles. The Labute approximate surface area is 181 Å². The number of benzene rings is 2. The molecule has 0 aromatic heterocycles. The number of sulfonamides is 1. The molecule has 2 aromatic carbocycles. The van der Waals surface area contributed by atoms with Crippen LogP contribution in [-0.4, -0.2) is 56.3 Å². The minimum atomic E-state index is -4.26. The molecule has 8 nitrogen and oxygen atoms in total. The van der Waals surface area contributed by atoms with Crippen molar-refractivity contribution in [1.82, 2.24) is 4.31 Å². The highest BCUT2D eigenvalue weighted by Crippen LogP contribution is 2.37. The predicted octanol–water partition coefficient (Wildman–Crippen LogP) is 2.55. The van der Waals surface area contributed by atoms with E-state index in [0.717, 1.165) is 10.6 Å². The molecule has 3 rings (SSSR count). The summed E-state index contributed by atoms with van der Waals surface area (Å²) in [5.74, 6) is -0.486. The van der Waals surface area contributed by atoms with E-state index in [4.69, 9.17) is 4.74 Å². The number of carbonyl (C=O) groups is 1. The van der Waals surface area contributed by atoms with E-state index >= 15 is 0 Å². The van der Waals surface area contributed by atoms with Crippen LogP contribution in [0.4, 0.5) is 0 Å². The maximum absolute atomic E-state index is 13.2. The Bertz CT molecular complexity index is 1090. The number of aliphatic carboxylic acids is 1. The molecular formula is C19H22ClNO7S2. The largest absolute Gasteiger partial charge is 0.480 e. The van der Waals surface area contributed by atoms with E-state index in [9.17, 15) is 26.7 Å². The summed E-state index contributed by atoms with van der Waals surface area (Å²) in [6, 6.07) is 14.5. The van der Waals surface area contributed by atoms with Crippen LogP contribution in [0.15, 0.2) is 59.5 Å². The monoisotopic (exact) mass is 475 g/mol. The molecule has 0 atom stereocenters. The average Bonchev–Trinajstić information content (AvgIpc) is 2.68. The van der Waals surface area contributed by atoms with E-state index in [1.165, 1.54) is 24.3 Å². The molecule has 0 aliphatic carbocycles. The first-order chi connectivity index (χ1) is 13.6. The van der Waals surface area contributed by atoms with Gasteiger partial charge in [-0.3, -0.25) is 4.79 Å². The third kappa shape index (κ3) is 4.61. The lowest BCUT2D eigenvalue weighted by Crippen LogP contribution is -2.55. The molecule has 0 spiro atoms. The average molecular weight is 476 g/mol.